The molecule has 0 radical (unpaired) electrons. The van der Waals surface area contributed by atoms with Crippen LogP contribution in [0, 0.1) is 5.41 Å². The van der Waals surface area contributed by atoms with Gasteiger partial charge in [-0.05, 0) is 30.5 Å². The SMILES string of the molecule is C=CC(C)(CCn1ccc(-c2ccc(/C(C=NCC3(C)COC3)=N/N)cc2)cc1=O)S(C)=O. The van der Waals surface area contributed by atoms with E-state index >= 15 is 0 Å². The Morgan fingerprint density at radius 1 is 1.30 bits per heavy atom. The third-order valence-corrected chi connectivity index (χ3v) is 7.86. The number of aromatic nitrogens is 1. The second kappa shape index (κ2) is 10.4. The highest BCUT2D eigenvalue weighted by molar-refractivity contribution is 7.85. The maximum atomic E-state index is 12.6. The molecule has 1 aliphatic rings. The summed E-state index contributed by atoms with van der Waals surface area (Å²) in [5.74, 6) is 5.58. The Hall–Kier alpha value is -2.84. The third kappa shape index (κ3) is 5.94. The normalized spacial score (nSPS) is 18.5. The average molecular weight is 469 g/mol. The Bertz CT molecular complexity index is 1130. The number of benzene rings is 1. The number of hydrogen-bond donors (Lipinski definition) is 1. The molecule has 3 rings (SSSR count). The van der Waals surface area contributed by atoms with Crippen LogP contribution >= 0.6 is 0 Å². The summed E-state index contributed by atoms with van der Waals surface area (Å²) in [6.45, 7) is 10.4. The van der Waals surface area contributed by atoms with Crippen LogP contribution < -0.4 is 11.4 Å². The Balaban J connectivity index is 1.69. The molecule has 176 valence electrons. The molecule has 1 fully saturated rings. The lowest BCUT2D eigenvalue weighted by Gasteiger charge is -2.36. The van der Waals surface area contributed by atoms with Crippen molar-refractivity contribution in [3.63, 3.8) is 0 Å². The fraction of sp³-hybridized carbons (Fsp3) is 0.400. The van der Waals surface area contributed by atoms with Crippen molar-refractivity contribution in [3.05, 3.63) is 71.2 Å². The first-order valence-electron chi connectivity index (χ1n) is 10.8. The van der Waals surface area contributed by atoms with Crippen LogP contribution in [-0.2, 0) is 22.1 Å². The number of pyridine rings is 1. The summed E-state index contributed by atoms with van der Waals surface area (Å²) in [5.41, 5.74) is 3.18. The van der Waals surface area contributed by atoms with E-state index in [-0.39, 0.29) is 11.0 Å². The molecule has 2 heterocycles. The van der Waals surface area contributed by atoms with Crippen molar-refractivity contribution in [3.8, 4) is 11.1 Å². The lowest BCUT2D eigenvalue weighted by atomic mass is 9.89. The predicted molar refractivity (Wildman–Crippen MR) is 136 cm³/mol. The molecule has 0 amide bonds. The molecule has 33 heavy (non-hydrogen) atoms. The number of aryl methyl sites for hydroxylation is 1. The van der Waals surface area contributed by atoms with Gasteiger partial charge in [-0.15, -0.1) is 6.58 Å². The topological polar surface area (TPSA) is 99.0 Å². The fourth-order valence-electron chi connectivity index (χ4n) is 3.49. The molecule has 0 aliphatic carbocycles. The van der Waals surface area contributed by atoms with Crippen molar-refractivity contribution in [1.29, 1.82) is 0 Å². The van der Waals surface area contributed by atoms with Crippen LogP contribution in [0.25, 0.3) is 11.1 Å². The monoisotopic (exact) mass is 468 g/mol. The zero-order valence-corrected chi connectivity index (χ0v) is 20.3. The van der Waals surface area contributed by atoms with Gasteiger partial charge in [-0.25, -0.2) is 0 Å². The first-order valence-corrected chi connectivity index (χ1v) is 12.4. The molecule has 2 atom stereocenters. The standard InChI is InChI=1S/C25H32N4O3S/c1-5-25(3,33(4)31)11-13-29-12-10-21(14-23(29)30)19-6-8-20(9-7-19)22(28-26)15-27-16-24(2)17-32-18-24/h5-10,12,14-15H,1,11,13,16-18,26H2,2-4H3/b27-15?,28-22+. The summed E-state index contributed by atoms with van der Waals surface area (Å²) >= 11 is 0. The lowest BCUT2D eigenvalue weighted by Crippen LogP contribution is -2.42. The minimum Gasteiger partial charge on any atom is -0.380 e. The van der Waals surface area contributed by atoms with E-state index in [9.17, 15) is 9.00 Å². The summed E-state index contributed by atoms with van der Waals surface area (Å²) in [6, 6.07) is 11.2. The molecule has 0 saturated carbocycles. The van der Waals surface area contributed by atoms with Gasteiger partial charge in [0.25, 0.3) is 5.56 Å². The van der Waals surface area contributed by atoms with Crippen molar-refractivity contribution >= 4 is 22.7 Å². The molecule has 1 aromatic heterocycles. The minimum atomic E-state index is -1.06. The van der Waals surface area contributed by atoms with E-state index in [0.717, 1.165) is 29.9 Å². The summed E-state index contributed by atoms with van der Waals surface area (Å²) in [6.07, 6.45) is 7.41. The minimum absolute atomic E-state index is 0.0954. The van der Waals surface area contributed by atoms with Gasteiger partial charge in [0.05, 0.1) is 18.0 Å². The van der Waals surface area contributed by atoms with Crippen LogP contribution in [0.4, 0.5) is 0 Å². The Morgan fingerprint density at radius 3 is 2.52 bits per heavy atom. The van der Waals surface area contributed by atoms with Gasteiger partial charge in [-0.3, -0.25) is 14.0 Å². The molecule has 7 nitrogen and oxygen atoms in total. The van der Waals surface area contributed by atoms with Crippen molar-refractivity contribution in [1.82, 2.24) is 4.57 Å². The smallest absolute Gasteiger partial charge is 0.251 e. The van der Waals surface area contributed by atoms with Crippen molar-refractivity contribution in [2.24, 2.45) is 21.4 Å². The molecular formula is C25H32N4O3S. The Morgan fingerprint density at radius 2 is 2.00 bits per heavy atom. The van der Waals surface area contributed by atoms with Crippen LogP contribution in [0.5, 0.6) is 0 Å². The van der Waals surface area contributed by atoms with Crippen LogP contribution in [0.15, 0.2) is 70.1 Å². The average Bonchev–Trinajstić information content (AvgIpc) is 2.79. The van der Waals surface area contributed by atoms with E-state index in [0.29, 0.717) is 25.2 Å². The predicted octanol–water partition coefficient (Wildman–Crippen LogP) is 3.00. The summed E-state index contributed by atoms with van der Waals surface area (Å²) in [5, 5.41) is 3.86. The van der Waals surface area contributed by atoms with Crippen molar-refractivity contribution < 1.29 is 8.95 Å². The third-order valence-electron chi connectivity index (χ3n) is 6.17. The number of hydrazone groups is 1. The zero-order chi connectivity index (χ0) is 24.1. The molecule has 2 aromatic rings. The van der Waals surface area contributed by atoms with Crippen LogP contribution in [0.2, 0.25) is 0 Å². The van der Waals surface area contributed by atoms with Gasteiger partial charge < -0.3 is 15.1 Å². The highest BCUT2D eigenvalue weighted by atomic mass is 32.2. The molecule has 1 aliphatic heterocycles. The van der Waals surface area contributed by atoms with E-state index in [1.165, 1.54) is 0 Å². The second-order valence-corrected chi connectivity index (χ2v) is 10.9. The fourth-order valence-corrected chi connectivity index (χ4v) is 4.10. The van der Waals surface area contributed by atoms with Gasteiger partial charge in [-0.1, -0.05) is 37.3 Å². The van der Waals surface area contributed by atoms with E-state index < -0.39 is 15.5 Å². The first kappa shape index (κ1) is 24.8. The molecular weight excluding hydrogens is 436 g/mol. The van der Waals surface area contributed by atoms with Crippen molar-refractivity contribution in [2.45, 2.75) is 31.6 Å². The highest BCUT2D eigenvalue weighted by Crippen LogP contribution is 2.26. The number of nitrogens with zero attached hydrogens (tertiary/aromatic N) is 3. The Labute approximate surface area is 197 Å². The molecule has 2 N–H and O–H groups in total. The number of hydrogen-bond acceptors (Lipinski definition) is 6. The quantitative estimate of drug-likeness (QED) is 0.251. The van der Waals surface area contributed by atoms with Crippen LogP contribution in [0.1, 0.15) is 25.8 Å². The maximum Gasteiger partial charge on any atom is 0.251 e. The number of ether oxygens (including phenoxy) is 1. The summed E-state index contributed by atoms with van der Waals surface area (Å²) in [4.78, 5) is 17.1. The van der Waals surface area contributed by atoms with Gasteiger partial charge in [-0.2, -0.15) is 5.10 Å². The molecule has 0 spiro atoms. The molecule has 2 unspecified atom stereocenters. The van der Waals surface area contributed by atoms with Crippen LogP contribution in [0.3, 0.4) is 0 Å². The largest absolute Gasteiger partial charge is 0.380 e. The summed E-state index contributed by atoms with van der Waals surface area (Å²) < 4.78 is 18.3. The molecule has 1 saturated heterocycles. The van der Waals surface area contributed by atoms with E-state index in [4.69, 9.17) is 10.6 Å². The Kier molecular flexibility index (Phi) is 7.81. The van der Waals surface area contributed by atoms with Crippen molar-refractivity contribution in [2.75, 3.05) is 26.0 Å². The van der Waals surface area contributed by atoms with Gasteiger partial charge in [0, 0.05) is 59.6 Å². The zero-order valence-electron chi connectivity index (χ0n) is 19.5. The molecule has 8 heteroatoms. The lowest BCUT2D eigenvalue weighted by molar-refractivity contribution is -0.0944. The second-order valence-electron chi connectivity index (χ2n) is 9.03. The van der Waals surface area contributed by atoms with Gasteiger partial charge in [0.1, 0.15) is 5.71 Å². The van der Waals surface area contributed by atoms with Crippen LogP contribution in [-0.4, -0.2) is 51.5 Å². The highest BCUT2D eigenvalue weighted by Gasteiger charge is 2.32. The summed E-state index contributed by atoms with van der Waals surface area (Å²) in [7, 11) is -1.06. The van der Waals surface area contributed by atoms with Gasteiger partial charge in [0.15, 0.2) is 0 Å². The molecule has 0 bridgehead atoms. The maximum absolute atomic E-state index is 12.6. The number of rotatable bonds is 10. The van der Waals surface area contributed by atoms with Gasteiger partial charge >= 0.3 is 0 Å². The van der Waals surface area contributed by atoms with E-state index in [2.05, 4.69) is 23.6 Å². The first-order chi connectivity index (χ1) is 15.7. The van der Waals surface area contributed by atoms with Gasteiger partial charge in [0.2, 0.25) is 0 Å². The number of aliphatic imine (C=N–C) groups is 1. The van der Waals surface area contributed by atoms with E-state index in [1.54, 1.807) is 35.4 Å². The number of nitrogens with two attached hydrogens (primary N) is 1. The molecule has 1 aromatic carbocycles. The van der Waals surface area contributed by atoms with E-state index in [1.807, 2.05) is 37.3 Å².